The number of carbonyl (C=O) groups excluding carboxylic acids is 3. The molecule has 1 aliphatic heterocycles. The molecule has 1 rings (SSSR count). The van der Waals surface area contributed by atoms with Crippen molar-refractivity contribution in [2.75, 3.05) is 0 Å². The maximum Gasteiger partial charge on any atom is 0.330 e. The van der Waals surface area contributed by atoms with E-state index < -0.39 is 36.4 Å². The largest absolute Gasteiger partial charge is 0.459 e. The Morgan fingerprint density at radius 2 is 1.83 bits per heavy atom. The van der Waals surface area contributed by atoms with E-state index >= 15 is 0 Å². The number of hydrogen-bond acceptors (Lipinski definition) is 7. The summed E-state index contributed by atoms with van der Waals surface area (Å²) in [5.41, 5.74) is 2.84. The van der Waals surface area contributed by atoms with Crippen LogP contribution in [0.1, 0.15) is 80.1 Å². The smallest absolute Gasteiger partial charge is 0.330 e. The minimum Gasteiger partial charge on any atom is -0.459 e. The van der Waals surface area contributed by atoms with Crippen molar-refractivity contribution in [2.24, 2.45) is 5.92 Å². The van der Waals surface area contributed by atoms with Crippen LogP contribution in [0.15, 0.2) is 83.7 Å². The third-order valence-corrected chi connectivity index (χ3v) is 6.38. The normalized spacial score (nSPS) is 27.9. The fourth-order valence-corrected chi connectivity index (χ4v) is 4.23. The van der Waals surface area contributed by atoms with Crippen molar-refractivity contribution in [3.05, 3.63) is 83.7 Å². The number of ether oxygens (including phenoxy) is 2. The maximum absolute atomic E-state index is 12.7. The van der Waals surface area contributed by atoms with Crippen molar-refractivity contribution >= 4 is 17.8 Å². The molecule has 42 heavy (non-hydrogen) atoms. The number of amides is 1. The molecule has 1 heterocycles. The van der Waals surface area contributed by atoms with Crippen LogP contribution in [0.3, 0.4) is 0 Å². The molecule has 0 saturated carbocycles. The van der Waals surface area contributed by atoms with Gasteiger partial charge in [0, 0.05) is 37.6 Å². The van der Waals surface area contributed by atoms with Crippen LogP contribution in [-0.2, 0) is 23.9 Å². The van der Waals surface area contributed by atoms with E-state index in [4.69, 9.17) is 9.47 Å². The first-order valence-electron chi connectivity index (χ1n) is 14.6. The highest BCUT2D eigenvalue weighted by molar-refractivity contribution is 5.88. The highest BCUT2D eigenvalue weighted by Gasteiger charge is 2.21. The quantitative estimate of drug-likeness (QED) is 0.159. The predicted octanol–water partition coefficient (Wildman–Crippen LogP) is 5.70. The SMILES string of the molecule is CC(=O)OC1CC/C=C/C=C(\C)CC(C(C)/C=C(C)/C=C\NC(=O)C=C(C)C)OC(=O)/C=C/CCCC(O)/C=C/C1O. The molecule has 0 aliphatic carbocycles. The van der Waals surface area contributed by atoms with Crippen molar-refractivity contribution < 1.29 is 34.1 Å². The van der Waals surface area contributed by atoms with Gasteiger partial charge in [0.2, 0.25) is 5.91 Å². The Balaban J connectivity index is 3.09. The third-order valence-electron chi connectivity index (χ3n) is 6.38. The summed E-state index contributed by atoms with van der Waals surface area (Å²) in [6.45, 7) is 10.9. The van der Waals surface area contributed by atoms with E-state index in [0.29, 0.717) is 38.5 Å². The van der Waals surface area contributed by atoms with Crippen LogP contribution < -0.4 is 5.32 Å². The van der Waals surface area contributed by atoms with Crippen molar-refractivity contribution in [3.63, 3.8) is 0 Å². The number of allylic oxidation sites excluding steroid dienone is 7. The fraction of sp³-hybridized carbons (Fsp3) is 0.500. The lowest BCUT2D eigenvalue weighted by Crippen LogP contribution is -2.29. The number of cyclic esters (lactones) is 1. The van der Waals surface area contributed by atoms with E-state index in [1.54, 1.807) is 18.4 Å². The zero-order valence-corrected chi connectivity index (χ0v) is 25.9. The number of aliphatic hydroxyl groups is 2. The van der Waals surface area contributed by atoms with Gasteiger partial charge in [-0.3, -0.25) is 9.59 Å². The van der Waals surface area contributed by atoms with E-state index in [-0.39, 0.29) is 11.8 Å². The molecule has 5 unspecified atom stereocenters. The summed E-state index contributed by atoms with van der Waals surface area (Å²) in [7, 11) is 0. The summed E-state index contributed by atoms with van der Waals surface area (Å²) >= 11 is 0. The van der Waals surface area contributed by atoms with Crippen LogP contribution in [0, 0.1) is 5.92 Å². The zero-order chi connectivity index (χ0) is 31.5. The van der Waals surface area contributed by atoms with Crippen molar-refractivity contribution in [3.8, 4) is 0 Å². The van der Waals surface area contributed by atoms with Gasteiger partial charge in [0.25, 0.3) is 0 Å². The van der Waals surface area contributed by atoms with Gasteiger partial charge in [0.1, 0.15) is 18.3 Å². The van der Waals surface area contributed by atoms with Gasteiger partial charge < -0.3 is 25.0 Å². The number of carbonyl (C=O) groups is 3. The van der Waals surface area contributed by atoms with E-state index in [9.17, 15) is 24.6 Å². The molecule has 1 aliphatic rings. The second kappa shape index (κ2) is 20.4. The molecule has 5 atom stereocenters. The summed E-state index contributed by atoms with van der Waals surface area (Å²) in [6, 6.07) is 0. The van der Waals surface area contributed by atoms with E-state index in [1.165, 1.54) is 31.2 Å². The van der Waals surface area contributed by atoms with Crippen molar-refractivity contribution in [1.29, 1.82) is 0 Å². The summed E-state index contributed by atoms with van der Waals surface area (Å²) < 4.78 is 11.2. The Hall–Kier alpha value is -3.49. The molecule has 8 nitrogen and oxygen atoms in total. The fourth-order valence-electron chi connectivity index (χ4n) is 4.23. The van der Waals surface area contributed by atoms with Gasteiger partial charge >= 0.3 is 11.9 Å². The van der Waals surface area contributed by atoms with Crippen LogP contribution in [0.4, 0.5) is 0 Å². The lowest BCUT2D eigenvalue weighted by atomic mass is 9.95. The minimum absolute atomic E-state index is 0.112. The second-order valence-corrected chi connectivity index (χ2v) is 11.0. The van der Waals surface area contributed by atoms with E-state index in [2.05, 4.69) is 5.32 Å². The number of hydrogen-bond donors (Lipinski definition) is 3. The molecular formula is C34H49NO7. The molecule has 0 aromatic rings. The number of aliphatic hydroxyl groups excluding tert-OH is 2. The molecule has 0 spiro atoms. The molecule has 0 fully saturated rings. The summed E-state index contributed by atoms with van der Waals surface area (Å²) in [5.74, 6) is -1.21. The summed E-state index contributed by atoms with van der Waals surface area (Å²) in [4.78, 5) is 36.0. The standard InChI is InChI=1S/C34H49NO7/c1-24(2)21-33(39)35-20-19-26(4)22-27(5)32-23-25(3)13-9-7-11-15-31(41-28(6)36)30(38)18-17-29(37)14-10-8-12-16-34(40)42-32/h7,9,12-13,16-22,27,29-32,37-38H,8,10-11,14-15,23H2,1-6H3,(H,35,39)/b9-7+,16-12+,18-17+,20-19-,25-13+,26-22+. The second-order valence-electron chi connectivity index (χ2n) is 11.0. The van der Waals surface area contributed by atoms with Gasteiger partial charge in [0.05, 0.1) is 6.10 Å². The first kappa shape index (κ1) is 36.5. The van der Waals surface area contributed by atoms with Gasteiger partial charge in [-0.1, -0.05) is 66.2 Å². The molecule has 0 bridgehead atoms. The van der Waals surface area contributed by atoms with E-state index in [1.807, 2.05) is 58.9 Å². The Morgan fingerprint density at radius 3 is 2.52 bits per heavy atom. The highest BCUT2D eigenvalue weighted by atomic mass is 16.6. The Kier molecular flexibility index (Phi) is 17.7. The molecule has 1 amide bonds. The molecule has 232 valence electrons. The number of esters is 2. The Labute approximate surface area is 251 Å². The summed E-state index contributed by atoms with van der Waals surface area (Å²) in [6.07, 6.45) is 19.0. The van der Waals surface area contributed by atoms with Gasteiger partial charge in [-0.25, -0.2) is 4.79 Å². The lowest BCUT2D eigenvalue weighted by molar-refractivity contribution is -0.151. The molecule has 0 aromatic carbocycles. The van der Waals surface area contributed by atoms with Crippen LogP contribution in [-0.4, -0.2) is 52.5 Å². The number of nitrogens with one attached hydrogen (secondary N) is 1. The van der Waals surface area contributed by atoms with E-state index in [0.717, 1.165) is 16.7 Å². The molecular weight excluding hydrogens is 534 g/mol. The van der Waals surface area contributed by atoms with Gasteiger partial charge in [0.15, 0.2) is 0 Å². The molecule has 3 N–H and O–H groups in total. The Morgan fingerprint density at radius 1 is 1.10 bits per heavy atom. The minimum atomic E-state index is -1.03. The summed E-state index contributed by atoms with van der Waals surface area (Å²) in [5, 5.41) is 23.5. The Bertz CT molecular complexity index is 1090. The van der Waals surface area contributed by atoms with Gasteiger partial charge in [-0.15, -0.1) is 0 Å². The van der Waals surface area contributed by atoms with Gasteiger partial charge in [-0.05, 0) is 65.9 Å². The zero-order valence-electron chi connectivity index (χ0n) is 25.9. The average molecular weight is 584 g/mol. The van der Waals surface area contributed by atoms with Crippen LogP contribution >= 0.6 is 0 Å². The van der Waals surface area contributed by atoms with Crippen LogP contribution in [0.25, 0.3) is 0 Å². The first-order valence-corrected chi connectivity index (χ1v) is 14.6. The number of rotatable bonds is 6. The topological polar surface area (TPSA) is 122 Å². The van der Waals surface area contributed by atoms with Gasteiger partial charge in [-0.2, -0.15) is 0 Å². The molecule has 0 radical (unpaired) electrons. The first-order chi connectivity index (χ1) is 19.9. The third kappa shape index (κ3) is 17.4. The predicted molar refractivity (Wildman–Crippen MR) is 166 cm³/mol. The molecule has 0 aromatic heterocycles. The lowest BCUT2D eigenvalue weighted by Gasteiger charge is -2.22. The maximum atomic E-state index is 12.7. The van der Waals surface area contributed by atoms with Crippen LogP contribution in [0.5, 0.6) is 0 Å². The monoisotopic (exact) mass is 583 g/mol. The van der Waals surface area contributed by atoms with Crippen LogP contribution in [0.2, 0.25) is 0 Å². The highest BCUT2D eigenvalue weighted by Crippen LogP contribution is 2.21. The molecule has 8 heteroatoms. The van der Waals surface area contributed by atoms with Crippen molar-refractivity contribution in [2.45, 2.75) is 104 Å². The average Bonchev–Trinajstić information content (AvgIpc) is 2.89. The molecule has 0 saturated heterocycles. The van der Waals surface area contributed by atoms with Crippen molar-refractivity contribution in [1.82, 2.24) is 5.32 Å².